The summed E-state index contributed by atoms with van der Waals surface area (Å²) in [4.78, 5) is 36.0. The quantitative estimate of drug-likeness (QED) is 0.556. The van der Waals surface area contributed by atoms with Gasteiger partial charge in [0.1, 0.15) is 11.6 Å². The largest absolute Gasteiger partial charge is 0.482 e. The molecule has 0 aromatic heterocycles. The number of rotatable bonds is 5. The van der Waals surface area contributed by atoms with Crippen molar-refractivity contribution in [3.8, 4) is 0 Å². The summed E-state index contributed by atoms with van der Waals surface area (Å²) in [5, 5.41) is 13.4. The zero-order valence-electron chi connectivity index (χ0n) is 13.8. The summed E-state index contributed by atoms with van der Waals surface area (Å²) in [6.45, 7) is 4.85. The maximum Gasteiger partial charge on any atom is 0.287 e. The lowest BCUT2D eigenvalue weighted by molar-refractivity contribution is -0.136. The Labute approximate surface area is 139 Å². The highest BCUT2D eigenvalue weighted by Gasteiger charge is 2.33. The van der Waals surface area contributed by atoms with Crippen LogP contribution >= 0.6 is 0 Å². The van der Waals surface area contributed by atoms with Crippen LogP contribution in [0, 0.1) is 0 Å². The van der Waals surface area contributed by atoms with E-state index in [-0.39, 0.29) is 18.0 Å². The minimum absolute atomic E-state index is 0.158. The van der Waals surface area contributed by atoms with Gasteiger partial charge in [0, 0.05) is 25.6 Å². The number of hydrogen-bond acceptors (Lipinski definition) is 7. The van der Waals surface area contributed by atoms with Crippen LogP contribution in [0.2, 0.25) is 0 Å². The summed E-state index contributed by atoms with van der Waals surface area (Å²) in [6, 6.07) is -1.15. The molecule has 9 heteroatoms. The maximum absolute atomic E-state index is 12.2. The van der Waals surface area contributed by atoms with Crippen LogP contribution in [0.3, 0.4) is 0 Å². The number of nitrogens with zero attached hydrogens (tertiary/aromatic N) is 1. The van der Waals surface area contributed by atoms with Crippen molar-refractivity contribution in [1.29, 1.82) is 0 Å². The van der Waals surface area contributed by atoms with Gasteiger partial charge in [0.2, 0.25) is 0 Å². The fourth-order valence-electron chi connectivity index (χ4n) is 2.42. The fourth-order valence-corrected chi connectivity index (χ4v) is 2.42. The number of aliphatic hydroxyl groups excluding tert-OH is 1. The van der Waals surface area contributed by atoms with Gasteiger partial charge in [-0.3, -0.25) is 19.8 Å². The van der Waals surface area contributed by atoms with Gasteiger partial charge in [-0.25, -0.2) is 5.01 Å². The number of ether oxygens (including phenoxy) is 2. The third kappa shape index (κ3) is 5.02. The van der Waals surface area contributed by atoms with Crippen LogP contribution in [0.25, 0.3) is 0 Å². The molecule has 0 aromatic rings. The van der Waals surface area contributed by atoms with Gasteiger partial charge in [-0.15, -0.1) is 0 Å². The van der Waals surface area contributed by atoms with Crippen molar-refractivity contribution in [3.63, 3.8) is 0 Å². The number of morpholine rings is 1. The van der Waals surface area contributed by atoms with Crippen molar-refractivity contribution in [2.45, 2.75) is 31.9 Å². The first-order chi connectivity index (χ1) is 11.3. The van der Waals surface area contributed by atoms with Crippen molar-refractivity contribution >= 4 is 17.6 Å². The van der Waals surface area contributed by atoms with E-state index >= 15 is 0 Å². The molecule has 24 heavy (non-hydrogen) atoms. The Balaban J connectivity index is 1.94. The summed E-state index contributed by atoms with van der Waals surface area (Å²) in [5.41, 5.74) is 1.83. The summed E-state index contributed by atoms with van der Waals surface area (Å²) in [6.07, 6.45) is 1.28. The predicted molar refractivity (Wildman–Crippen MR) is 82.4 cm³/mol. The number of nitrogens with one attached hydrogen (secondary N) is 2. The first-order valence-corrected chi connectivity index (χ1v) is 7.79. The Morgan fingerprint density at radius 2 is 2.04 bits per heavy atom. The highest BCUT2D eigenvalue weighted by Crippen LogP contribution is 2.24. The van der Waals surface area contributed by atoms with Gasteiger partial charge in [-0.05, 0) is 13.8 Å². The summed E-state index contributed by atoms with van der Waals surface area (Å²) < 4.78 is 10.6. The molecule has 0 saturated carbocycles. The second-order valence-electron chi connectivity index (χ2n) is 6.30. The predicted octanol–water partition coefficient (Wildman–Crippen LogP) is -1.52. The molecule has 2 aliphatic rings. The second kappa shape index (κ2) is 7.73. The standard InChI is InChI=1S/C15H23N3O6/c1-15(2)8-10(20)7-12(24-15)14(22)16-11(9-19)13(21)17-18-3-5-23-6-4-18/h7,11,19H,3-6,8-9H2,1-2H3,(H,16,22)(H,17,21)/t11-/m0/s1. The Morgan fingerprint density at radius 1 is 1.38 bits per heavy atom. The lowest BCUT2D eigenvalue weighted by Gasteiger charge is -2.31. The molecule has 0 aromatic carbocycles. The average Bonchev–Trinajstić information content (AvgIpc) is 2.51. The summed E-state index contributed by atoms with van der Waals surface area (Å²) in [5.74, 6) is -1.65. The normalized spacial score (nSPS) is 22.1. The van der Waals surface area contributed by atoms with E-state index in [0.29, 0.717) is 26.3 Å². The maximum atomic E-state index is 12.2. The molecule has 0 unspecified atom stereocenters. The monoisotopic (exact) mass is 341 g/mol. The molecule has 134 valence electrons. The number of allylic oxidation sites excluding steroid dienone is 1. The van der Waals surface area contributed by atoms with Gasteiger partial charge in [-0.2, -0.15) is 0 Å². The van der Waals surface area contributed by atoms with E-state index < -0.39 is 30.1 Å². The average molecular weight is 341 g/mol. The number of amides is 2. The molecule has 0 aliphatic carbocycles. The van der Waals surface area contributed by atoms with Crippen molar-refractivity contribution in [2.24, 2.45) is 0 Å². The highest BCUT2D eigenvalue weighted by molar-refractivity contribution is 6.03. The smallest absolute Gasteiger partial charge is 0.287 e. The molecular weight excluding hydrogens is 318 g/mol. The fraction of sp³-hybridized carbons (Fsp3) is 0.667. The van der Waals surface area contributed by atoms with Crippen molar-refractivity contribution in [3.05, 3.63) is 11.8 Å². The number of ketones is 1. The van der Waals surface area contributed by atoms with Gasteiger partial charge in [0.25, 0.3) is 11.8 Å². The van der Waals surface area contributed by atoms with E-state index in [1.807, 2.05) is 0 Å². The molecule has 0 spiro atoms. The summed E-state index contributed by atoms with van der Waals surface area (Å²) in [7, 11) is 0. The lowest BCUT2D eigenvalue weighted by atomic mass is 9.98. The molecule has 0 bridgehead atoms. The topological polar surface area (TPSA) is 117 Å². The number of hydrogen-bond donors (Lipinski definition) is 3. The molecular formula is C15H23N3O6. The minimum Gasteiger partial charge on any atom is -0.482 e. The third-order valence-electron chi connectivity index (χ3n) is 3.59. The molecule has 1 atom stereocenters. The number of hydrazine groups is 1. The van der Waals surface area contributed by atoms with E-state index in [0.717, 1.165) is 6.08 Å². The molecule has 2 rings (SSSR count). The highest BCUT2D eigenvalue weighted by atomic mass is 16.5. The third-order valence-corrected chi connectivity index (χ3v) is 3.59. The van der Waals surface area contributed by atoms with Crippen LogP contribution in [0.15, 0.2) is 11.8 Å². The van der Waals surface area contributed by atoms with E-state index in [1.165, 1.54) is 0 Å². The first-order valence-electron chi connectivity index (χ1n) is 7.79. The van der Waals surface area contributed by atoms with Crippen molar-refractivity contribution in [1.82, 2.24) is 15.8 Å². The van der Waals surface area contributed by atoms with E-state index in [9.17, 15) is 19.5 Å². The Bertz CT molecular complexity index is 539. The summed E-state index contributed by atoms with van der Waals surface area (Å²) >= 11 is 0. The minimum atomic E-state index is -1.15. The molecule has 2 heterocycles. The van der Waals surface area contributed by atoms with Gasteiger partial charge in [0.05, 0.1) is 19.8 Å². The molecule has 0 radical (unpaired) electrons. The first kappa shape index (κ1) is 18.4. The van der Waals surface area contributed by atoms with Crippen LogP contribution in [-0.4, -0.2) is 72.3 Å². The van der Waals surface area contributed by atoms with Crippen LogP contribution in [-0.2, 0) is 23.9 Å². The SMILES string of the molecule is CC1(C)CC(=O)C=C(C(=O)N[C@@H](CO)C(=O)NN2CCOCC2)O1. The van der Waals surface area contributed by atoms with Gasteiger partial charge >= 0.3 is 0 Å². The van der Waals surface area contributed by atoms with Crippen LogP contribution in [0.5, 0.6) is 0 Å². The van der Waals surface area contributed by atoms with Crippen LogP contribution in [0.1, 0.15) is 20.3 Å². The second-order valence-corrected chi connectivity index (χ2v) is 6.30. The van der Waals surface area contributed by atoms with Crippen molar-refractivity contribution < 1.29 is 29.0 Å². The zero-order valence-corrected chi connectivity index (χ0v) is 13.8. The van der Waals surface area contributed by atoms with Gasteiger partial charge < -0.3 is 19.9 Å². The molecule has 1 fully saturated rings. The van der Waals surface area contributed by atoms with E-state index in [2.05, 4.69) is 10.7 Å². The lowest BCUT2D eigenvalue weighted by Crippen LogP contribution is -2.56. The van der Waals surface area contributed by atoms with E-state index in [4.69, 9.17) is 9.47 Å². The number of aliphatic hydroxyl groups is 1. The van der Waals surface area contributed by atoms with Crippen LogP contribution < -0.4 is 10.7 Å². The van der Waals surface area contributed by atoms with Crippen LogP contribution in [0.4, 0.5) is 0 Å². The Hall–Kier alpha value is -1.97. The van der Waals surface area contributed by atoms with Crippen molar-refractivity contribution in [2.75, 3.05) is 32.9 Å². The molecule has 2 amide bonds. The Kier molecular flexibility index (Phi) is 5.92. The van der Waals surface area contributed by atoms with Gasteiger partial charge in [0.15, 0.2) is 11.5 Å². The zero-order chi connectivity index (χ0) is 17.7. The van der Waals surface area contributed by atoms with Gasteiger partial charge in [-0.1, -0.05) is 0 Å². The van der Waals surface area contributed by atoms with E-state index in [1.54, 1.807) is 18.9 Å². The Morgan fingerprint density at radius 3 is 2.62 bits per heavy atom. The molecule has 3 N–H and O–H groups in total. The number of carbonyl (C=O) groups is 3. The number of carbonyl (C=O) groups excluding carboxylic acids is 3. The molecule has 9 nitrogen and oxygen atoms in total. The molecule has 1 saturated heterocycles. The molecule has 2 aliphatic heterocycles.